The molecular formula is C16H21NO2S. The molecule has 0 saturated carbocycles. The van der Waals surface area contributed by atoms with Crippen LogP contribution in [-0.2, 0) is 9.47 Å². The van der Waals surface area contributed by atoms with Crippen LogP contribution >= 0.6 is 11.3 Å². The molecule has 0 amide bonds. The van der Waals surface area contributed by atoms with Crippen LogP contribution in [-0.4, -0.2) is 33.4 Å². The van der Waals surface area contributed by atoms with Crippen LogP contribution in [0.25, 0.3) is 10.1 Å². The Labute approximate surface area is 123 Å². The molecule has 1 N–H and O–H groups in total. The van der Waals surface area contributed by atoms with Gasteiger partial charge in [0.25, 0.3) is 0 Å². The van der Waals surface area contributed by atoms with E-state index in [1.807, 2.05) is 11.3 Å². The minimum absolute atomic E-state index is 0.237. The van der Waals surface area contributed by atoms with Crippen LogP contribution in [0.1, 0.15) is 18.1 Å². The average Bonchev–Trinajstić information content (AvgIpc) is 3.09. The predicted octanol–water partition coefficient (Wildman–Crippen LogP) is 3.21. The Kier molecular flexibility index (Phi) is 4.68. The molecule has 0 aliphatic carbocycles. The van der Waals surface area contributed by atoms with Gasteiger partial charge in [0.1, 0.15) is 0 Å². The molecule has 1 aliphatic rings. The lowest BCUT2D eigenvalue weighted by Gasteiger charge is -2.18. The number of thiophene rings is 1. The first-order valence-electron chi connectivity index (χ1n) is 7.17. The van der Waals surface area contributed by atoms with Crippen LogP contribution in [0.3, 0.4) is 0 Å². The van der Waals surface area contributed by atoms with Gasteiger partial charge in [0.05, 0.1) is 12.7 Å². The van der Waals surface area contributed by atoms with Crippen molar-refractivity contribution in [2.75, 3.05) is 33.4 Å². The summed E-state index contributed by atoms with van der Waals surface area (Å²) in [5.41, 5.74) is 1.36. The average molecular weight is 291 g/mol. The number of hydrogen-bond acceptors (Lipinski definition) is 4. The summed E-state index contributed by atoms with van der Waals surface area (Å²) in [5, 5.41) is 7.09. The highest BCUT2D eigenvalue weighted by molar-refractivity contribution is 7.17. The number of ether oxygens (including phenoxy) is 2. The summed E-state index contributed by atoms with van der Waals surface area (Å²) in [6, 6.07) is 8.60. The fourth-order valence-corrected chi connectivity index (χ4v) is 3.85. The van der Waals surface area contributed by atoms with E-state index in [0.29, 0.717) is 5.92 Å². The van der Waals surface area contributed by atoms with Crippen molar-refractivity contribution in [1.82, 2.24) is 5.32 Å². The third-order valence-electron chi connectivity index (χ3n) is 3.92. The lowest BCUT2D eigenvalue weighted by molar-refractivity contribution is 0.0913. The summed E-state index contributed by atoms with van der Waals surface area (Å²) in [6.45, 7) is 3.54. The van der Waals surface area contributed by atoms with Gasteiger partial charge >= 0.3 is 0 Å². The highest BCUT2D eigenvalue weighted by Crippen LogP contribution is 2.40. The quantitative estimate of drug-likeness (QED) is 0.829. The first-order valence-corrected chi connectivity index (χ1v) is 8.05. The van der Waals surface area contributed by atoms with Gasteiger partial charge in [-0.15, -0.1) is 11.3 Å². The van der Waals surface area contributed by atoms with Crippen LogP contribution < -0.4 is 5.32 Å². The number of hydrogen-bond donors (Lipinski definition) is 1. The Morgan fingerprint density at radius 2 is 2.30 bits per heavy atom. The van der Waals surface area contributed by atoms with Crippen LogP contribution in [0.15, 0.2) is 29.6 Å². The third kappa shape index (κ3) is 2.88. The van der Waals surface area contributed by atoms with Crippen molar-refractivity contribution in [2.24, 2.45) is 5.92 Å². The topological polar surface area (TPSA) is 30.5 Å². The minimum atomic E-state index is 0.237. The van der Waals surface area contributed by atoms with Crippen molar-refractivity contribution in [2.45, 2.75) is 12.5 Å². The Morgan fingerprint density at radius 1 is 1.40 bits per heavy atom. The van der Waals surface area contributed by atoms with Crippen molar-refractivity contribution in [3.63, 3.8) is 0 Å². The van der Waals surface area contributed by atoms with Gasteiger partial charge in [0, 0.05) is 37.4 Å². The molecule has 1 aromatic heterocycles. The lowest BCUT2D eigenvalue weighted by Crippen LogP contribution is -2.27. The molecule has 2 heterocycles. The van der Waals surface area contributed by atoms with Crippen LogP contribution in [0, 0.1) is 5.92 Å². The molecule has 3 nitrogen and oxygen atoms in total. The van der Waals surface area contributed by atoms with Crippen molar-refractivity contribution >= 4 is 21.4 Å². The normalized spacial score (nSPS) is 22.6. The van der Waals surface area contributed by atoms with Gasteiger partial charge in [-0.05, 0) is 28.8 Å². The Hall–Kier alpha value is -0.940. The van der Waals surface area contributed by atoms with Gasteiger partial charge in [-0.2, -0.15) is 0 Å². The minimum Gasteiger partial charge on any atom is -0.383 e. The second kappa shape index (κ2) is 6.68. The molecule has 0 bridgehead atoms. The summed E-state index contributed by atoms with van der Waals surface area (Å²) in [7, 11) is 1.74. The maximum atomic E-state index is 6.01. The maximum Gasteiger partial charge on any atom is 0.0880 e. The van der Waals surface area contributed by atoms with Crippen LogP contribution in [0.4, 0.5) is 0 Å². The highest BCUT2D eigenvalue weighted by Gasteiger charge is 2.30. The maximum absolute atomic E-state index is 6.01. The Balaban J connectivity index is 1.71. The van der Waals surface area contributed by atoms with E-state index in [-0.39, 0.29) is 6.10 Å². The molecular weight excluding hydrogens is 270 g/mol. The molecule has 1 fully saturated rings. The summed E-state index contributed by atoms with van der Waals surface area (Å²) in [4.78, 5) is 0. The summed E-state index contributed by atoms with van der Waals surface area (Å²) >= 11 is 1.81. The van der Waals surface area contributed by atoms with E-state index >= 15 is 0 Å². The number of rotatable bonds is 6. The van der Waals surface area contributed by atoms with E-state index < -0.39 is 0 Å². The van der Waals surface area contributed by atoms with Gasteiger partial charge in [0.2, 0.25) is 0 Å². The molecule has 4 heteroatoms. The number of methoxy groups -OCH3 is 1. The van der Waals surface area contributed by atoms with Gasteiger partial charge < -0.3 is 14.8 Å². The van der Waals surface area contributed by atoms with E-state index in [9.17, 15) is 0 Å². The number of nitrogens with one attached hydrogen (secondary N) is 1. The van der Waals surface area contributed by atoms with Crippen molar-refractivity contribution in [3.8, 4) is 0 Å². The van der Waals surface area contributed by atoms with E-state index in [0.717, 1.165) is 32.7 Å². The second-order valence-corrected chi connectivity index (χ2v) is 6.14. The van der Waals surface area contributed by atoms with E-state index in [2.05, 4.69) is 35.0 Å². The highest BCUT2D eigenvalue weighted by atomic mass is 32.1. The molecule has 20 heavy (non-hydrogen) atoms. The summed E-state index contributed by atoms with van der Waals surface area (Å²) < 4.78 is 12.4. The van der Waals surface area contributed by atoms with Gasteiger partial charge in [-0.25, -0.2) is 0 Å². The van der Waals surface area contributed by atoms with Crippen molar-refractivity contribution in [1.29, 1.82) is 0 Å². The molecule has 108 valence electrons. The van der Waals surface area contributed by atoms with Gasteiger partial charge in [0.15, 0.2) is 0 Å². The zero-order chi connectivity index (χ0) is 13.8. The zero-order valence-electron chi connectivity index (χ0n) is 11.8. The molecule has 2 atom stereocenters. The summed E-state index contributed by atoms with van der Waals surface area (Å²) in [6.07, 6.45) is 1.37. The van der Waals surface area contributed by atoms with Gasteiger partial charge in [-0.3, -0.25) is 0 Å². The van der Waals surface area contributed by atoms with E-state index in [4.69, 9.17) is 9.47 Å². The van der Waals surface area contributed by atoms with Crippen molar-refractivity contribution < 1.29 is 9.47 Å². The molecule has 3 rings (SSSR count). The summed E-state index contributed by atoms with van der Waals surface area (Å²) in [5.74, 6) is 0.560. The molecule has 0 spiro atoms. The Morgan fingerprint density at radius 3 is 3.20 bits per heavy atom. The van der Waals surface area contributed by atoms with E-state index in [1.54, 1.807) is 7.11 Å². The standard InChI is InChI=1S/C16H21NO2S/c1-18-9-7-17-10-12-6-8-19-16(12)14-11-20-15-5-3-2-4-13(14)15/h2-5,11-12,16-17H,6-10H2,1H3. The van der Waals surface area contributed by atoms with E-state index in [1.165, 1.54) is 15.6 Å². The van der Waals surface area contributed by atoms with Crippen molar-refractivity contribution in [3.05, 3.63) is 35.2 Å². The van der Waals surface area contributed by atoms with Crippen LogP contribution in [0.5, 0.6) is 0 Å². The lowest BCUT2D eigenvalue weighted by atomic mass is 9.95. The molecule has 2 unspecified atom stereocenters. The number of fused-ring (bicyclic) bond motifs is 1. The largest absolute Gasteiger partial charge is 0.383 e. The molecule has 1 aliphatic heterocycles. The fraction of sp³-hybridized carbons (Fsp3) is 0.500. The monoisotopic (exact) mass is 291 g/mol. The van der Waals surface area contributed by atoms with Crippen LogP contribution in [0.2, 0.25) is 0 Å². The molecule has 1 saturated heterocycles. The first kappa shape index (κ1) is 14.0. The first-order chi connectivity index (χ1) is 9.90. The molecule has 0 radical (unpaired) electrons. The number of benzene rings is 1. The van der Waals surface area contributed by atoms with Gasteiger partial charge in [-0.1, -0.05) is 18.2 Å². The predicted molar refractivity (Wildman–Crippen MR) is 83.4 cm³/mol. The molecule has 2 aromatic rings. The zero-order valence-corrected chi connectivity index (χ0v) is 12.6. The Bertz CT molecular complexity index is 554. The fourth-order valence-electron chi connectivity index (χ4n) is 2.87. The SMILES string of the molecule is COCCNCC1CCOC1c1csc2ccccc12. The molecule has 1 aromatic carbocycles. The third-order valence-corrected chi connectivity index (χ3v) is 4.90. The smallest absolute Gasteiger partial charge is 0.0880 e. The second-order valence-electron chi connectivity index (χ2n) is 5.22.